The summed E-state index contributed by atoms with van der Waals surface area (Å²) in [5.74, 6) is 0.103. The predicted molar refractivity (Wildman–Crippen MR) is 131 cm³/mol. The summed E-state index contributed by atoms with van der Waals surface area (Å²) >= 11 is 1.39. The van der Waals surface area contributed by atoms with Gasteiger partial charge in [-0.15, -0.1) is 11.8 Å². The smallest absolute Gasteiger partial charge is 0.255 e. The van der Waals surface area contributed by atoms with E-state index in [9.17, 15) is 14.4 Å². The minimum Gasteiger partial charge on any atom is -0.326 e. The Morgan fingerprint density at radius 1 is 1.03 bits per heavy atom. The second kappa shape index (κ2) is 10.7. The van der Waals surface area contributed by atoms with Crippen LogP contribution in [-0.2, 0) is 14.4 Å². The first-order valence-corrected chi connectivity index (χ1v) is 12.2. The Morgan fingerprint density at radius 3 is 2.55 bits per heavy atom. The fraction of sp³-hybridized carbons (Fsp3) is 0.360. The summed E-state index contributed by atoms with van der Waals surface area (Å²) in [5.41, 5.74) is 1.41. The molecule has 1 heterocycles. The second-order valence-corrected chi connectivity index (χ2v) is 9.78. The first-order chi connectivity index (χ1) is 16.0. The quantitative estimate of drug-likeness (QED) is 0.614. The van der Waals surface area contributed by atoms with Crippen molar-refractivity contribution in [2.75, 3.05) is 10.3 Å². The number of hydrogen-bond donors (Lipinski definition) is 2. The molecule has 172 valence electrons. The van der Waals surface area contributed by atoms with Crippen molar-refractivity contribution in [2.24, 2.45) is 11.0 Å². The lowest BCUT2D eigenvalue weighted by molar-refractivity contribution is -0.121. The van der Waals surface area contributed by atoms with Gasteiger partial charge in [-0.25, -0.2) is 0 Å². The van der Waals surface area contributed by atoms with E-state index in [0.717, 1.165) is 36.3 Å². The van der Waals surface area contributed by atoms with Gasteiger partial charge in [-0.1, -0.05) is 43.5 Å². The van der Waals surface area contributed by atoms with Crippen molar-refractivity contribution in [3.63, 3.8) is 0 Å². The molecule has 2 aromatic carbocycles. The Morgan fingerprint density at radius 2 is 1.79 bits per heavy atom. The maximum atomic E-state index is 12.7. The molecule has 33 heavy (non-hydrogen) atoms. The highest BCUT2D eigenvalue weighted by Crippen LogP contribution is 2.28. The highest BCUT2D eigenvalue weighted by molar-refractivity contribution is 8.00. The van der Waals surface area contributed by atoms with Gasteiger partial charge in [0, 0.05) is 16.5 Å². The number of carbonyl (C=O) groups is 3. The van der Waals surface area contributed by atoms with Crippen LogP contribution in [0.15, 0.2) is 64.6 Å². The Hall–Kier alpha value is -3.13. The average molecular weight is 465 g/mol. The van der Waals surface area contributed by atoms with E-state index in [2.05, 4.69) is 15.7 Å². The number of para-hydroxylation sites is 1. The normalized spacial score (nSPS) is 17.4. The van der Waals surface area contributed by atoms with Crippen LogP contribution in [-0.4, -0.2) is 28.8 Å². The molecule has 2 N–H and O–H groups in total. The molecule has 1 fully saturated rings. The maximum Gasteiger partial charge on any atom is 0.255 e. The molecule has 8 heteroatoms. The lowest BCUT2D eigenvalue weighted by Crippen LogP contribution is -2.35. The zero-order valence-electron chi connectivity index (χ0n) is 18.6. The van der Waals surface area contributed by atoms with Crippen molar-refractivity contribution in [1.82, 2.24) is 5.32 Å². The van der Waals surface area contributed by atoms with Crippen LogP contribution in [0.25, 0.3) is 0 Å². The standard InChI is InChI=1S/C25H28N4O3S/c1-17(24(31)27-22-16-23(30)29(28-22)20-12-6-3-7-13-20)33-21-14-8-11-19(15-21)26-25(32)18-9-4-2-5-10-18/h3,6-8,11-15,17-18H,2,4-5,9-10,16H2,1H3,(H,26,32)(H,27,28,31). The summed E-state index contributed by atoms with van der Waals surface area (Å²) in [5, 5.41) is 11.0. The van der Waals surface area contributed by atoms with Crippen LogP contribution in [0.4, 0.5) is 11.4 Å². The summed E-state index contributed by atoms with van der Waals surface area (Å²) in [6.45, 7) is 1.81. The van der Waals surface area contributed by atoms with Crippen LogP contribution in [0.1, 0.15) is 45.4 Å². The van der Waals surface area contributed by atoms with E-state index in [0.29, 0.717) is 11.5 Å². The van der Waals surface area contributed by atoms with Crippen LogP contribution in [0.2, 0.25) is 0 Å². The van der Waals surface area contributed by atoms with Gasteiger partial charge < -0.3 is 10.6 Å². The van der Waals surface area contributed by atoms with Gasteiger partial charge in [-0.2, -0.15) is 10.1 Å². The molecule has 2 aliphatic rings. The highest BCUT2D eigenvalue weighted by Gasteiger charge is 2.27. The van der Waals surface area contributed by atoms with Crippen molar-refractivity contribution >= 4 is 46.7 Å². The van der Waals surface area contributed by atoms with Crippen LogP contribution in [0.5, 0.6) is 0 Å². The number of nitrogens with one attached hydrogen (secondary N) is 2. The van der Waals surface area contributed by atoms with Gasteiger partial charge in [0.05, 0.1) is 17.4 Å². The van der Waals surface area contributed by atoms with E-state index < -0.39 is 5.25 Å². The summed E-state index contributed by atoms with van der Waals surface area (Å²) in [4.78, 5) is 38.4. The fourth-order valence-corrected chi connectivity index (χ4v) is 4.95. The minimum atomic E-state index is -0.405. The number of nitrogens with zero attached hydrogens (tertiary/aromatic N) is 2. The highest BCUT2D eigenvalue weighted by atomic mass is 32.2. The van der Waals surface area contributed by atoms with Gasteiger partial charge in [0.15, 0.2) is 0 Å². The number of hydrazone groups is 1. The molecule has 4 rings (SSSR count). The Labute approximate surface area is 198 Å². The molecule has 3 amide bonds. The van der Waals surface area contributed by atoms with E-state index in [4.69, 9.17) is 0 Å². The molecule has 2 aromatic rings. The molecule has 0 spiro atoms. The minimum absolute atomic E-state index is 0.0563. The Kier molecular flexibility index (Phi) is 7.44. The summed E-state index contributed by atoms with van der Waals surface area (Å²) in [7, 11) is 0. The number of thioether (sulfide) groups is 1. The number of carbonyl (C=O) groups excluding carboxylic acids is 3. The molecule has 1 aliphatic carbocycles. The average Bonchev–Trinajstić information content (AvgIpc) is 3.20. The van der Waals surface area contributed by atoms with Gasteiger partial charge in [0.2, 0.25) is 11.8 Å². The van der Waals surface area contributed by atoms with Gasteiger partial charge in [0.1, 0.15) is 5.84 Å². The molecule has 0 aromatic heterocycles. The molecule has 0 saturated heterocycles. The summed E-state index contributed by atoms with van der Waals surface area (Å²) in [6.07, 6.45) is 5.39. The van der Waals surface area contributed by atoms with Gasteiger partial charge in [0.25, 0.3) is 5.91 Å². The van der Waals surface area contributed by atoms with Crippen LogP contribution in [0.3, 0.4) is 0 Å². The molecule has 0 bridgehead atoms. The first-order valence-electron chi connectivity index (χ1n) is 11.3. The number of amides is 3. The van der Waals surface area contributed by atoms with E-state index in [1.165, 1.54) is 23.2 Å². The molecular formula is C25H28N4O3S. The van der Waals surface area contributed by atoms with E-state index in [1.807, 2.05) is 42.5 Å². The molecule has 0 radical (unpaired) electrons. The van der Waals surface area contributed by atoms with Crippen molar-refractivity contribution in [1.29, 1.82) is 0 Å². The third-order valence-corrected chi connectivity index (χ3v) is 6.90. The van der Waals surface area contributed by atoms with Crippen molar-refractivity contribution in [2.45, 2.75) is 55.6 Å². The number of rotatable bonds is 6. The van der Waals surface area contributed by atoms with E-state index in [1.54, 1.807) is 19.1 Å². The van der Waals surface area contributed by atoms with Gasteiger partial charge in [-0.05, 0) is 50.1 Å². The largest absolute Gasteiger partial charge is 0.326 e. The van der Waals surface area contributed by atoms with Gasteiger partial charge >= 0.3 is 0 Å². The van der Waals surface area contributed by atoms with Crippen molar-refractivity contribution in [3.8, 4) is 0 Å². The molecule has 1 unspecified atom stereocenters. The topological polar surface area (TPSA) is 90.9 Å². The summed E-state index contributed by atoms with van der Waals surface area (Å²) in [6, 6.07) is 16.7. The first kappa shape index (κ1) is 23.0. The van der Waals surface area contributed by atoms with Gasteiger partial charge in [-0.3, -0.25) is 14.4 Å². The monoisotopic (exact) mass is 464 g/mol. The zero-order valence-corrected chi connectivity index (χ0v) is 19.4. The lowest BCUT2D eigenvalue weighted by Gasteiger charge is -2.21. The molecular weight excluding hydrogens is 436 g/mol. The van der Waals surface area contributed by atoms with Crippen LogP contribution >= 0.6 is 11.8 Å². The van der Waals surface area contributed by atoms with Crippen molar-refractivity contribution in [3.05, 3.63) is 54.6 Å². The van der Waals surface area contributed by atoms with Crippen LogP contribution < -0.4 is 15.6 Å². The predicted octanol–water partition coefficient (Wildman–Crippen LogP) is 4.55. The SMILES string of the molecule is CC(Sc1cccc(NC(=O)C2CCCCC2)c1)C(=O)NC1=NN(c2ccccc2)C(=O)C1. The number of anilines is 2. The van der Waals surface area contributed by atoms with E-state index >= 15 is 0 Å². The molecule has 1 saturated carbocycles. The Bertz CT molecular complexity index is 1050. The fourth-order valence-electron chi connectivity index (χ4n) is 4.03. The second-order valence-electron chi connectivity index (χ2n) is 8.37. The van der Waals surface area contributed by atoms with E-state index in [-0.39, 0.29) is 30.1 Å². The third-order valence-electron chi connectivity index (χ3n) is 5.80. The lowest BCUT2D eigenvalue weighted by atomic mass is 9.88. The summed E-state index contributed by atoms with van der Waals surface area (Å²) < 4.78 is 0. The number of benzene rings is 2. The molecule has 7 nitrogen and oxygen atoms in total. The molecule has 1 aliphatic heterocycles. The van der Waals surface area contributed by atoms with Crippen LogP contribution in [0, 0.1) is 5.92 Å². The maximum absolute atomic E-state index is 12.7. The van der Waals surface area contributed by atoms with Crippen molar-refractivity contribution < 1.29 is 14.4 Å². The third kappa shape index (κ3) is 6.01. The zero-order chi connectivity index (χ0) is 23.2. The number of amidine groups is 1. The number of hydrogen-bond acceptors (Lipinski definition) is 5. The Balaban J connectivity index is 1.33. The molecule has 1 atom stereocenters.